The third-order valence-electron chi connectivity index (χ3n) is 2.49. The fourth-order valence-electron chi connectivity index (χ4n) is 1.79. The average Bonchev–Trinajstić information content (AvgIpc) is 2.55. The van der Waals surface area contributed by atoms with Crippen molar-refractivity contribution in [2.24, 2.45) is 0 Å². The van der Waals surface area contributed by atoms with Gasteiger partial charge >= 0.3 is 0 Å². The van der Waals surface area contributed by atoms with Crippen LogP contribution in [0, 0.1) is 16.7 Å². The van der Waals surface area contributed by atoms with E-state index < -0.39 is 16.7 Å². The molecule has 0 atom stereocenters. The summed E-state index contributed by atoms with van der Waals surface area (Å²) in [5.74, 6) is -1.13. The Hall–Kier alpha value is -2.24. The summed E-state index contributed by atoms with van der Waals surface area (Å²) in [4.78, 5) is 34.8. The van der Waals surface area contributed by atoms with Crippen LogP contribution in [0.25, 0.3) is 0 Å². The first kappa shape index (κ1) is 11.3. The Bertz CT molecular complexity index is 524. The summed E-state index contributed by atoms with van der Waals surface area (Å²) in [6.45, 7) is 3.20. The van der Waals surface area contributed by atoms with Gasteiger partial charge in [0.05, 0.1) is 17.0 Å². The second kappa shape index (κ2) is 3.97. The van der Waals surface area contributed by atoms with Crippen molar-refractivity contribution in [2.45, 2.75) is 13.3 Å². The van der Waals surface area contributed by atoms with Crippen LogP contribution in [0.3, 0.4) is 0 Å². The molecule has 1 aromatic carbocycles. The average molecular weight is 233 g/mol. The maximum Gasteiger partial charge on any atom is 0.282 e. The zero-order valence-corrected chi connectivity index (χ0v) is 9.04. The summed E-state index contributed by atoms with van der Waals surface area (Å²) in [6.07, 6.45) is 0.499. The molecule has 0 spiro atoms. The highest BCUT2D eigenvalue weighted by Gasteiger charge is 2.40. The molecule has 1 aliphatic rings. The highest BCUT2D eigenvalue weighted by Crippen LogP contribution is 2.31. The lowest BCUT2D eigenvalue weighted by Crippen LogP contribution is -2.26. The van der Waals surface area contributed by atoms with Gasteiger partial charge in [-0.1, -0.05) is 13.0 Å². The summed E-state index contributed by atoms with van der Waals surface area (Å²) >= 11 is 0. The normalized spacial score (nSPS) is 14.1. The maximum atomic E-state index is 11.9. The Morgan fingerprint density at radius 1 is 1.35 bits per heavy atom. The summed E-state index contributed by atoms with van der Waals surface area (Å²) in [6, 6.07) is 4.04. The zero-order valence-electron chi connectivity index (χ0n) is 9.04. The molecule has 0 saturated carbocycles. The van der Waals surface area contributed by atoms with Crippen LogP contribution in [0.5, 0.6) is 0 Å². The van der Waals surface area contributed by atoms with Gasteiger partial charge in [0, 0.05) is 6.07 Å². The van der Waals surface area contributed by atoms with Crippen LogP contribution >= 0.6 is 0 Å². The quantitative estimate of drug-likeness (QED) is 0.452. The number of nitro benzene ring substituents is 1. The Balaban J connectivity index is 2.57. The first-order valence-electron chi connectivity index (χ1n) is 5.06. The van der Waals surface area contributed by atoms with Crippen LogP contribution in [0.4, 0.5) is 5.69 Å². The SMILES string of the molecule is CC[CH]N1C(=O)c2cccc([N+](=O)[O-])c2C1=O. The molecule has 6 nitrogen and oxygen atoms in total. The third-order valence-corrected chi connectivity index (χ3v) is 2.49. The number of amides is 2. The van der Waals surface area contributed by atoms with E-state index in [1.54, 1.807) is 6.92 Å². The molecular formula is C11H9N2O4. The molecule has 2 amide bonds. The summed E-state index contributed by atoms with van der Waals surface area (Å²) in [5.41, 5.74) is -0.353. The second-order valence-corrected chi connectivity index (χ2v) is 3.53. The van der Waals surface area contributed by atoms with E-state index in [1.807, 2.05) is 0 Å². The molecular weight excluding hydrogens is 224 g/mol. The number of carbonyl (C=O) groups excluding carboxylic acids is 2. The monoisotopic (exact) mass is 233 g/mol. The Labute approximate surface area is 97.0 Å². The summed E-state index contributed by atoms with van der Waals surface area (Å²) in [5, 5.41) is 10.8. The number of fused-ring (bicyclic) bond motifs is 1. The first-order chi connectivity index (χ1) is 8.07. The van der Waals surface area contributed by atoms with E-state index in [-0.39, 0.29) is 16.8 Å². The number of hydrogen-bond acceptors (Lipinski definition) is 4. The van der Waals surface area contributed by atoms with E-state index >= 15 is 0 Å². The van der Waals surface area contributed by atoms with Crippen LogP contribution in [-0.2, 0) is 0 Å². The van der Waals surface area contributed by atoms with Crippen LogP contribution < -0.4 is 0 Å². The van der Waals surface area contributed by atoms with Gasteiger partial charge in [0.2, 0.25) is 0 Å². The fraction of sp³-hybridized carbons (Fsp3) is 0.182. The second-order valence-electron chi connectivity index (χ2n) is 3.53. The Morgan fingerprint density at radius 3 is 2.65 bits per heavy atom. The lowest BCUT2D eigenvalue weighted by molar-refractivity contribution is -0.385. The van der Waals surface area contributed by atoms with E-state index in [2.05, 4.69) is 0 Å². The van der Waals surface area contributed by atoms with Crippen molar-refractivity contribution in [1.82, 2.24) is 4.90 Å². The molecule has 2 rings (SSSR count). The van der Waals surface area contributed by atoms with Gasteiger partial charge in [-0.3, -0.25) is 24.6 Å². The van der Waals surface area contributed by atoms with E-state index in [9.17, 15) is 19.7 Å². The molecule has 1 radical (unpaired) electrons. The van der Waals surface area contributed by atoms with Gasteiger partial charge in [-0.25, -0.2) is 0 Å². The molecule has 6 heteroatoms. The van der Waals surface area contributed by atoms with Gasteiger partial charge in [-0.2, -0.15) is 0 Å². The largest absolute Gasteiger partial charge is 0.282 e. The Morgan fingerprint density at radius 2 is 2.06 bits per heavy atom. The van der Waals surface area contributed by atoms with Gasteiger partial charge in [0.1, 0.15) is 5.56 Å². The molecule has 1 aromatic rings. The minimum atomic E-state index is -0.653. The van der Waals surface area contributed by atoms with Crippen LogP contribution in [0.15, 0.2) is 18.2 Å². The van der Waals surface area contributed by atoms with Crippen LogP contribution in [0.1, 0.15) is 34.1 Å². The summed E-state index contributed by atoms with van der Waals surface area (Å²) in [7, 11) is 0. The first-order valence-corrected chi connectivity index (χ1v) is 5.06. The molecule has 0 N–H and O–H groups in total. The molecule has 0 aromatic heterocycles. The minimum Gasteiger partial charge on any atom is -0.269 e. The maximum absolute atomic E-state index is 11.9. The van der Waals surface area contributed by atoms with Gasteiger partial charge in [0.15, 0.2) is 0 Å². The smallest absolute Gasteiger partial charge is 0.269 e. The third kappa shape index (κ3) is 1.57. The standard InChI is InChI=1S/C11H9N2O4/c1-2-6-12-10(14)7-4-3-5-8(13(16)17)9(7)11(12)15/h3-6H,2H2,1H3. The number of imide groups is 1. The fourth-order valence-corrected chi connectivity index (χ4v) is 1.79. The highest BCUT2D eigenvalue weighted by molar-refractivity contribution is 6.23. The minimum absolute atomic E-state index is 0.0916. The number of rotatable bonds is 3. The zero-order chi connectivity index (χ0) is 12.6. The van der Waals surface area contributed by atoms with Crippen molar-refractivity contribution in [3.63, 3.8) is 0 Å². The van der Waals surface area contributed by atoms with Gasteiger partial charge < -0.3 is 0 Å². The van der Waals surface area contributed by atoms with Crippen LogP contribution in [0.2, 0.25) is 0 Å². The van der Waals surface area contributed by atoms with Gasteiger partial charge in [-0.05, 0) is 12.5 Å². The van der Waals surface area contributed by atoms with E-state index in [4.69, 9.17) is 0 Å². The van der Waals surface area contributed by atoms with Crippen LogP contribution in [-0.4, -0.2) is 21.6 Å². The molecule has 17 heavy (non-hydrogen) atoms. The van der Waals surface area contributed by atoms with Crippen molar-refractivity contribution in [1.29, 1.82) is 0 Å². The molecule has 1 aliphatic heterocycles. The number of carbonyl (C=O) groups is 2. The summed E-state index contributed by atoms with van der Waals surface area (Å²) < 4.78 is 0. The number of hydrogen-bond donors (Lipinski definition) is 0. The lowest BCUT2D eigenvalue weighted by Gasteiger charge is -2.10. The molecule has 0 fully saturated rings. The van der Waals surface area contributed by atoms with Crippen molar-refractivity contribution in [3.8, 4) is 0 Å². The van der Waals surface area contributed by atoms with Gasteiger partial charge in [-0.15, -0.1) is 0 Å². The molecule has 0 aliphatic carbocycles. The van der Waals surface area contributed by atoms with Gasteiger partial charge in [0.25, 0.3) is 17.5 Å². The molecule has 87 valence electrons. The van der Waals surface area contributed by atoms with Crippen molar-refractivity contribution in [3.05, 3.63) is 46.0 Å². The van der Waals surface area contributed by atoms with Crippen molar-refractivity contribution >= 4 is 17.5 Å². The van der Waals surface area contributed by atoms with E-state index in [1.165, 1.54) is 24.7 Å². The number of nitrogens with zero attached hydrogens (tertiary/aromatic N) is 2. The molecule has 1 heterocycles. The molecule has 0 saturated heterocycles. The van der Waals surface area contributed by atoms with E-state index in [0.29, 0.717) is 6.42 Å². The van der Waals surface area contributed by atoms with Crippen molar-refractivity contribution in [2.75, 3.05) is 0 Å². The molecule has 0 unspecified atom stereocenters. The lowest BCUT2D eigenvalue weighted by atomic mass is 10.1. The van der Waals surface area contributed by atoms with E-state index in [0.717, 1.165) is 4.90 Å². The number of nitro groups is 1. The highest BCUT2D eigenvalue weighted by atomic mass is 16.6. The van der Waals surface area contributed by atoms with Crippen molar-refractivity contribution < 1.29 is 14.5 Å². The predicted octanol–water partition coefficient (Wildman–Crippen LogP) is 1.76. The topological polar surface area (TPSA) is 80.5 Å². The molecule has 0 bridgehead atoms. The Kier molecular flexibility index (Phi) is 2.63. The number of benzene rings is 1. The predicted molar refractivity (Wildman–Crippen MR) is 58.2 cm³/mol.